The lowest BCUT2D eigenvalue weighted by atomic mass is 10.2. The minimum absolute atomic E-state index is 0.00477. The molecule has 1 saturated carbocycles. The largest absolute Gasteiger partial charge is 0.354 e. The molecule has 0 spiro atoms. The number of nitro benzene ring substituents is 1. The van der Waals surface area contributed by atoms with Gasteiger partial charge in [-0.1, -0.05) is 0 Å². The van der Waals surface area contributed by atoms with Crippen LogP contribution in [0.5, 0.6) is 0 Å². The first-order chi connectivity index (χ1) is 8.49. The third-order valence-electron chi connectivity index (χ3n) is 3.17. The van der Waals surface area contributed by atoms with E-state index in [1.54, 1.807) is 0 Å². The van der Waals surface area contributed by atoms with Crippen LogP contribution in [-0.2, 0) is 10.0 Å². The molecule has 18 heavy (non-hydrogen) atoms. The SMILES string of the molecule is O=[N+]([O-])c1ccc2c(c1)S(=O)(=O)NCN2C1CC1. The summed E-state index contributed by atoms with van der Waals surface area (Å²) in [6, 6.07) is 4.32. The molecule has 0 amide bonds. The fourth-order valence-corrected chi connectivity index (χ4v) is 3.30. The molecule has 1 aliphatic carbocycles. The molecule has 1 fully saturated rings. The highest BCUT2D eigenvalue weighted by atomic mass is 32.2. The van der Waals surface area contributed by atoms with Gasteiger partial charge < -0.3 is 4.90 Å². The Morgan fingerprint density at radius 1 is 1.39 bits per heavy atom. The number of benzene rings is 1. The molecule has 7 nitrogen and oxygen atoms in total. The van der Waals surface area contributed by atoms with Gasteiger partial charge in [0.1, 0.15) is 4.90 Å². The molecule has 3 rings (SSSR count). The minimum Gasteiger partial charge on any atom is -0.354 e. The van der Waals surface area contributed by atoms with Crippen LogP contribution in [0.15, 0.2) is 23.1 Å². The summed E-state index contributed by atoms with van der Waals surface area (Å²) < 4.78 is 26.2. The van der Waals surface area contributed by atoms with Crippen molar-refractivity contribution in [2.45, 2.75) is 23.8 Å². The van der Waals surface area contributed by atoms with Gasteiger partial charge in [-0.2, -0.15) is 4.72 Å². The molecule has 0 aromatic heterocycles. The van der Waals surface area contributed by atoms with E-state index in [9.17, 15) is 18.5 Å². The smallest absolute Gasteiger partial charge is 0.270 e. The van der Waals surface area contributed by atoms with E-state index in [0.29, 0.717) is 11.7 Å². The number of nitro groups is 1. The van der Waals surface area contributed by atoms with E-state index in [2.05, 4.69) is 4.72 Å². The molecule has 1 aromatic carbocycles. The molecule has 0 bridgehead atoms. The van der Waals surface area contributed by atoms with Crippen LogP contribution in [-0.4, -0.2) is 26.1 Å². The van der Waals surface area contributed by atoms with Gasteiger partial charge in [0.15, 0.2) is 0 Å². The maximum atomic E-state index is 11.9. The Balaban J connectivity index is 2.15. The fraction of sp³-hybridized carbons (Fsp3) is 0.400. The summed E-state index contributed by atoms with van der Waals surface area (Å²) in [4.78, 5) is 12.1. The van der Waals surface area contributed by atoms with Crippen molar-refractivity contribution < 1.29 is 13.3 Å². The number of nitrogens with zero attached hydrogens (tertiary/aromatic N) is 2. The molecule has 8 heteroatoms. The van der Waals surface area contributed by atoms with Crippen LogP contribution in [0, 0.1) is 10.1 Å². The van der Waals surface area contributed by atoms with E-state index in [4.69, 9.17) is 0 Å². The molecule has 0 atom stereocenters. The second kappa shape index (κ2) is 3.66. The highest BCUT2D eigenvalue weighted by molar-refractivity contribution is 7.89. The zero-order valence-electron chi connectivity index (χ0n) is 9.37. The standard InChI is InChI=1S/C10H11N3O4S/c14-13(15)8-3-4-9-10(5-8)18(16,17)11-6-12(9)7-1-2-7/h3-5,7,11H,1-2,6H2. The predicted octanol–water partition coefficient (Wildman–Crippen LogP) is 0.813. The predicted molar refractivity (Wildman–Crippen MR) is 63.8 cm³/mol. The summed E-state index contributed by atoms with van der Waals surface area (Å²) in [5.41, 5.74) is 0.346. The Morgan fingerprint density at radius 3 is 2.72 bits per heavy atom. The zero-order chi connectivity index (χ0) is 12.9. The molecule has 1 heterocycles. The van der Waals surface area contributed by atoms with Crippen LogP contribution in [0.3, 0.4) is 0 Å². The first-order valence-electron chi connectivity index (χ1n) is 5.54. The number of nitrogens with one attached hydrogen (secondary N) is 1. The van der Waals surface area contributed by atoms with Gasteiger partial charge in [0, 0.05) is 18.2 Å². The number of hydrogen-bond donors (Lipinski definition) is 1. The Labute approximate surface area is 104 Å². The maximum absolute atomic E-state index is 11.9. The molecule has 0 radical (unpaired) electrons. The molecule has 1 N–H and O–H groups in total. The van der Waals surface area contributed by atoms with Crippen LogP contribution < -0.4 is 9.62 Å². The van der Waals surface area contributed by atoms with Crippen LogP contribution in [0.2, 0.25) is 0 Å². The lowest BCUT2D eigenvalue weighted by Gasteiger charge is -2.31. The highest BCUT2D eigenvalue weighted by Crippen LogP contribution is 2.38. The van der Waals surface area contributed by atoms with Gasteiger partial charge >= 0.3 is 0 Å². The molecule has 1 aliphatic heterocycles. The number of non-ortho nitro benzene ring substituents is 1. The van der Waals surface area contributed by atoms with Gasteiger partial charge in [-0.15, -0.1) is 0 Å². The van der Waals surface area contributed by atoms with E-state index in [0.717, 1.165) is 18.9 Å². The summed E-state index contributed by atoms with van der Waals surface area (Å²) in [7, 11) is -3.63. The number of anilines is 1. The van der Waals surface area contributed by atoms with E-state index in [1.165, 1.54) is 12.1 Å². The molecule has 2 aliphatic rings. The third kappa shape index (κ3) is 1.73. The Hall–Kier alpha value is -1.67. The molecular formula is C10H11N3O4S. The minimum atomic E-state index is -3.63. The third-order valence-corrected chi connectivity index (χ3v) is 4.58. The normalized spacial score (nSPS) is 21.4. The van der Waals surface area contributed by atoms with E-state index < -0.39 is 14.9 Å². The van der Waals surface area contributed by atoms with Crippen molar-refractivity contribution >= 4 is 21.4 Å². The molecule has 96 valence electrons. The van der Waals surface area contributed by atoms with Crippen LogP contribution in [0.1, 0.15) is 12.8 Å². The first kappa shape index (κ1) is 11.4. The molecule has 0 unspecified atom stereocenters. The van der Waals surface area contributed by atoms with Crippen molar-refractivity contribution in [3.63, 3.8) is 0 Å². The number of fused-ring (bicyclic) bond motifs is 1. The lowest BCUT2D eigenvalue weighted by Crippen LogP contribution is -2.44. The van der Waals surface area contributed by atoms with E-state index in [-0.39, 0.29) is 17.3 Å². The fourth-order valence-electron chi connectivity index (χ4n) is 2.10. The van der Waals surface area contributed by atoms with Crippen molar-refractivity contribution in [1.29, 1.82) is 0 Å². The van der Waals surface area contributed by atoms with E-state index in [1.807, 2.05) is 4.90 Å². The highest BCUT2D eigenvalue weighted by Gasteiger charge is 2.37. The quantitative estimate of drug-likeness (QED) is 0.633. The van der Waals surface area contributed by atoms with Gasteiger partial charge in [0.05, 0.1) is 17.3 Å². The average Bonchev–Trinajstić information content (AvgIpc) is 3.13. The van der Waals surface area contributed by atoms with Crippen LogP contribution in [0.25, 0.3) is 0 Å². The number of sulfonamides is 1. The summed E-state index contributed by atoms with van der Waals surface area (Å²) in [6.45, 7) is 0.234. The Bertz CT molecular complexity index is 624. The van der Waals surface area contributed by atoms with Gasteiger partial charge in [-0.05, 0) is 18.9 Å². The van der Waals surface area contributed by atoms with Gasteiger partial charge in [-0.3, -0.25) is 10.1 Å². The van der Waals surface area contributed by atoms with Crippen LogP contribution >= 0.6 is 0 Å². The van der Waals surface area contributed by atoms with Crippen LogP contribution in [0.4, 0.5) is 11.4 Å². The number of rotatable bonds is 2. The maximum Gasteiger partial charge on any atom is 0.270 e. The summed E-state index contributed by atoms with van der Waals surface area (Å²) >= 11 is 0. The topological polar surface area (TPSA) is 92.5 Å². The molecule has 1 aromatic rings. The molecule has 0 saturated heterocycles. The Morgan fingerprint density at radius 2 is 2.11 bits per heavy atom. The first-order valence-corrected chi connectivity index (χ1v) is 7.02. The van der Waals surface area contributed by atoms with Crippen molar-refractivity contribution in [1.82, 2.24) is 4.72 Å². The van der Waals surface area contributed by atoms with Crippen molar-refractivity contribution in [3.05, 3.63) is 28.3 Å². The number of hydrogen-bond acceptors (Lipinski definition) is 5. The second-order valence-corrected chi connectivity index (χ2v) is 6.15. The summed E-state index contributed by atoms with van der Waals surface area (Å²) in [5.74, 6) is 0. The van der Waals surface area contributed by atoms with Crippen molar-refractivity contribution in [3.8, 4) is 0 Å². The summed E-state index contributed by atoms with van der Waals surface area (Å²) in [5, 5.41) is 10.7. The van der Waals surface area contributed by atoms with Gasteiger partial charge in [0.2, 0.25) is 10.0 Å². The zero-order valence-corrected chi connectivity index (χ0v) is 10.2. The lowest BCUT2D eigenvalue weighted by molar-refractivity contribution is -0.385. The van der Waals surface area contributed by atoms with E-state index >= 15 is 0 Å². The summed E-state index contributed by atoms with van der Waals surface area (Å²) in [6.07, 6.45) is 2.05. The Kier molecular flexibility index (Phi) is 2.32. The molecular weight excluding hydrogens is 258 g/mol. The van der Waals surface area contributed by atoms with Gasteiger partial charge in [0.25, 0.3) is 5.69 Å². The average molecular weight is 269 g/mol. The second-order valence-electron chi connectivity index (χ2n) is 4.42. The monoisotopic (exact) mass is 269 g/mol. The van der Waals surface area contributed by atoms with Gasteiger partial charge in [-0.25, -0.2) is 8.42 Å². The van der Waals surface area contributed by atoms with Crippen molar-refractivity contribution in [2.24, 2.45) is 0 Å². The van der Waals surface area contributed by atoms with Crippen molar-refractivity contribution in [2.75, 3.05) is 11.6 Å².